The molecule has 0 heterocycles. The third-order valence-corrected chi connectivity index (χ3v) is 0.175. The number of rotatable bonds is 1. The molecule has 1 N–H and O–H groups in total. The summed E-state index contributed by atoms with van der Waals surface area (Å²) in [6.07, 6.45) is 0.833. The number of hydrogen-bond acceptors (Lipinski definition) is 1. The van der Waals surface area contributed by atoms with E-state index in [0.29, 0.717) is 0 Å². The summed E-state index contributed by atoms with van der Waals surface area (Å²) in [6.45, 7) is 8.96. The molecule has 0 aromatic heterocycles. The molecule has 8 heavy (non-hydrogen) atoms. The Bertz CT molecular complexity index is 70.8. The SMILES string of the molecule is C=C.C=CC(=O)O.[CaH2]. The van der Waals surface area contributed by atoms with Crippen molar-refractivity contribution < 1.29 is 9.90 Å². The molecule has 0 radical (unpaired) electrons. The first-order chi connectivity index (χ1) is 3.27. The van der Waals surface area contributed by atoms with Crippen molar-refractivity contribution >= 4 is 43.7 Å². The molecule has 0 amide bonds. The van der Waals surface area contributed by atoms with E-state index >= 15 is 0 Å². The van der Waals surface area contributed by atoms with Gasteiger partial charge in [-0.25, -0.2) is 4.79 Å². The number of carboxylic acids is 1. The van der Waals surface area contributed by atoms with Crippen LogP contribution in [-0.2, 0) is 4.79 Å². The van der Waals surface area contributed by atoms with Gasteiger partial charge in [0.05, 0.1) is 0 Å². The van der Waals surface area contributed by atoms with E-state index in [1.54, 1.807) is 0 Å². The molecule has 0 aromatic rings. The average molecular weight is 142 g/mol. The molecular formula is C5H10CaO2. The van der Waals surface area contributed by atoms with Crippen LogP contribution in [0.4, 0.5) is 0 Å². The van der Waals surface area contributed by atoms with Crippen LogP contribution in [0.2, 0.25) is 0 Å². The van der Waals surface area contributed by atoms with Crippen molar-refractivity contribution in [3.63, 3.8) is 0 Å². The first-order valence-electron chi connectivity index (χ1n) is 1.62. The number of aliphatic carboxylic acids is 1. The van der Waals surface area contributed by atoms with Crippen molar-refractivity contribution in [2.75, 3.05) is 0 Å². The van der Waals surface area contributed by atoms with E-state index in [2.05, 4.69) is 19.7 Å². The molecule has 0 saturated carbocycles. The van der Waals surface area contributed by atoms with E-state index in [-0.39, 0.29) is 37.7 Å². The summed E-state index contributed by atoms with van der Waals surface area (Å²) in [5.41, 5.74) is 0. The second-order valence-corrected chi connectivity index (χ2v) is 0.542. The van der Waals surface area contributed by atoms with Crippen molar-refractivity contribution in [1.29, 1.82) is 0 Å². The van der Waals surface area contributed by atoms with Gasteiger partial charge in [0.25, 0.3) is 0 Å². The Morgan fingerprint density at radius 1 is 1.50 bits per heavy atom. The predicted octanol–water partition coefficient (Wildman–Crippen LogP) is 0.143. The molecule has 2 nitrogen and oxygen atoms in total. The van der Waals surface area contributed by atoms with Gasteiger partial charge in [0.15, 0.2) is 0 Å². The third kappa shape index (κ3) is 34.5. The van der Waals surface area contributed by atoms with E-state index < -0.39 is 5.97 Å². The first-order valence-corrected chi connectivity index (χ1v) is 1.62. The van der Waals surface area contributed by atoms with E-state index in [4.69, 9.17) is 5.11 Å². The molecule has 0 atom stereocenters. The topological polar surface area (TPSA) is 37.3 Å². The maximum atomic E-state index is 9.25. The van der Waals surface area contributed by atoms with Crippen molar-refractivity contribution in [2.24, 2.45) is 0 Å². The predicted molar refractivity (Wildman–Crippen MR) is 37.6 cm³/mol. The summed E-state index contributed by atoms with van der Waals surface area (Å²) in [4.78, 5) is 9.25. The van der Waals surface area contributed by atoms with Crippen LogP contribution in [0.1, 0.15) is 0 Å². The molecule has 0 bridgehead atoms. The van der Waals surface area contributed by atoms with Gasteiger partial charge in [-0.3, -0.25) is 0 Å². The molecule has 0 spiro atoms. The summed E-state index contributed by atoms with van der Waals surface area (Å²) in [7, 11) is 0. The number of carboxylic acid groups (broad SMARTS) is 1. The van der Waals surface area contributed by atoms with Gasteiger partial charge in [-0.2, -0.15) is 0 Å². The van der Waals surface area contributed by atoms with Crippen LogP contribution in [0.3, 0.4) is 0 Å². The Labute approximate surface area is 78.9 Å². The molecular weight excluding hydrogens is 132 g/mol. The summed E-state index contributed by atoms with van der Waals surface area (Å²) in [5.74, 6) is -0.981. The summed E-state index contributed by atoms with van der Waals surface area (Å²) in [6, 6.07) is 0. The fraction of sp³-hybridized carbons (Fsp3) is 0. The van der Waals surface area contributed by atoms with Gasteiger partial charge >= 0.3 is 43.7 Å². The van der Waals surface area contributed by atoms with Crippen LogP contribution in [0.5, 0.6) is 0 Å². The third-order valence-electron chi connectivity index (χ3n) is 0.175. The quantitative estimate of drug-likeness (QED) is 0.321. The summed E-state index contributed by atoms with van der Waals surface area (Å²) in [5, 5.41) is 7.60. The Kier molecular flexibility index (Phi) is 30.8. The van der Waals surface area contributed by atoms with Crippen LogP contribution >= 0.6 is 0 Å². The normalized spacial score (nSPS) is 4.50. The summed E-state index contributed by atoms with van der Waals surface area (Å²) >= 11 is 0. The van der Waals surface area contributed by atoms with Crippen LogP contribution in [-0.4, -0.2) is 48.8 Å². The molecule has 0 saturated heterocycles. The van der Waals surface area contributed by atoms with Crippen LogP contribution in [0.15, 0.2) is 25.8 Å². The first kappa shape index (κ1) is 15.7. The zero-order chi connectivity index (χ0) is 6.28. The molecule has 0 aromatic carbocycles. The Balaban J connectivity index is -0.0000000750. The Hall–Kier alpha value is 0.210. The fourth-order valence-electron chi connectivity index (χ4n) is 0. The van der Waals surface area contributed by atoms with Gasteiger partial charge in [-0.1, -0.05) is 6.58 Å². The van der Waals surface area contributed by atoms with Crippen molar-refractivity contribution in [1.82, 2.24) is 0 Å². The zero-order valence-corrected chi connectivity index (χ0v) is 4.05. The van der Waals surface area contributed by atoms with Gasteiger partial charge in [0.2, 0.25) is 0 Å². The zero-order valence-electron chi connectivity index (χ0n) is 4.05. The minimum absolute atomic E-state index is 0. The average Bonchev–Trinajstić information content (AvgIpc) is 1.73. The van der Waals surface area contributed by atoms with E-state index in [9.17, 15) is 4.79 Å². The van der Waals surface area contributed by atoms with E-state index in [1.165, 1.54) is 0 Å². The van der Waals surface area contributed by atoms with Gasteiger partial charge < -0.3 is 5.11 Å². The van der Waals surface area contributed by atoms with Gasteiger partial charge in [0.1, 0.15) is 0 Å². The second-order valence-electron chi connectivity index (χ2n) is 0.542. The second kappa shape index (κ2) is 15.7. The molecule has 0 rings (SSSR count). The molecule has 44 valence electrons. The van der Waals surface area contributed by atoms with E-state index in [1.807, 2.05) is 0 Å². The Morgan fingerprint density at radius 2 is 1.62 bits per heavy atom. The van der Waals surface area contributed by atoms with Crippen molar-refractivity contribution in [2.45, 2.75) is 0 Å². The van der Waals surface area contributed by atoms with Crippen molar-refractivity contribution in [3.8, 4) is 0 Å². The van der Waals surface area contributed by atoms with Gasteiger partial charge in [0, 0.05) is 6.08 Å². The molecule has 3 heteroatoms. The molecule has 0 fully saturated rings. The van der Waals surface area contributed by atoms with Crippen LogP contribution in [0.25, 0.3) is 0 Å². The monoisotopic (exact) mass is 142 g/mol. The number of carbonyl (C=O) groups is 1. The molecule has 0 aliphatic carbocycles. The fourth-order valence-corrected chi connectivity index (χ4v) is 0. The van der Waals surface area contributed by atoms with Crippen molar-refractivity contribution in [3.05, 3.63) is 25.8 Å². The van der Waals surface area contributed by atoms with Gasteiger partial charge in [-0.15, -0.1) is 13.2 Å². The standard InChI is InChI=1S/C3H4O2.C2H4.Ca.2H/c1-2-3(4)5;1-2;;;/h2H,1H2,(H,4,5);1-2H2;;;. The maximum absolute atomic E-state index is 9.25. The van der Waals surface area contributed by atoms with Crippen LogP contribution in [0, 0.1) is 0 Å². The minimum atomic E-state index is -0.981. The molecule has 0 unspecified atom stereocenters. The van der Waals surface area contributed by atoms with E-state index in [0.717, 1.165) is 6.08 Å². The number of hydrogen-bond donors (Lipinski definition) is 1. The van der Waals surface area contributed by atoms with Gasteiger partial charge in [-0.05, 0) is 0 Å². The molecule has 0 aliphatic heterocycles. The van der Waals surface area contributed by atoms with Crippen LogP contribution < -0.4 is 0 Å². The Morgan fingerprint density at radius 3 is 1.62 bits per heavy atom. The molecule has 0 aliphatic rings. The summed E-state index contributed by atoms with van der Waals surface area (Å²) < 4.78 is 0.